The van der Waals surface area contributed by atoms with Crippen LogP contribution in [0.2, 0.25) is 0 Å². The van der Waals surface area contributed by atoms with E-state index >= 15 is 0 Å². The van der Waals surface area contributed by atoms with E-state index in [-0.39, 0.29) is 11.9 Å². The van der Waals surface area contributed by atoms with E-state index in [1.807, 2.05) is 67.6 Å². The molecule has 3 rings (SSSR count). The molecule has 0 aliphatic carbocycles. The molecule has 3 aromatic rings. The molecule has 1 unspecified atom stereocenters. The predicted molar refractivity (Wildman–Crippen MR) is 81.1 cm³/mol. The molecule has 20 heavy (non-hydrogen) atoms. The Morgan fingerprint density at radius 3 is 2.15 bits per heavy atom. The summed E-state index contributed by atoms with van der Waals surface area (Å²) in [5, 5.41) is 12.1. The first kappa shape index (κ1) is 12.5. The molecule has 0 fully saturated rings. The van der Waals surface area contributed by atoms with E-state index in [0.717, 1.165) is 16.3 Å². The van der Waals surface area contributed by atoms with Crippen LogP contribution in [0.3, 0.4) is 0 Å². The SMILES string of the molecule is CC(Oc1cc2ccccc2cc1O)c1ccccc1. The van der Waals surface area contributed by atoms with Gasteiger partial charge in [0.25, 0.3) is 0 Å². The van der Waals surface area contributed by atoms with Gasteiger partial charge in [-0.2, -0.15) is 0 Å². The lowest BCUT2D eigenvalue weighted by atomic mass is 10.1. The van der Waals surface area contributed by atoms with Gasteiger partial charge in [-0.15, -0.1) is 0 Å². The van der Waals surface area contributed by atoms with E-state index < -0.39 is 0 Å². The third-order valence-corrected chi connectivity index (χ3v) is 3.40. The zero-order valence-corrected chi connectivity index (χ0v) is 11.3. The molecular weight excluding hydrogens is 248 g/mol. The molecule has 0 aromatic heterocycles. The van der Waals surface area contributed by atoms with E-state index in [2.05, 4.69) is 0 Å². The van der Waals surface area contributed by atoms with Gasteiger partial charge < -0.3 is 9.84 Å². The van der Waals surface area contributed by atoms with Crippen LogP contribution in [0.4, 0.5) is 0 Å². The fourth-order valence-electron chi connectivity index (χ4n) is 2.28. The molecule has 0 saturated carbocycles. The number of rotatable bonds is 3. The van der Waals surface area contributed by atoms with E-state index in [4.69, 9.17) is 4.74 Å². The Morgan fingerprint density at radius 1 is 0.850 bits per heavy atom. The van der Waals surface area contributed by atoms with Crippen LogP contribution in [0, 0.1) is 0 Å². The molecule has 1 atom stereocenters. The van der Waals surface area contributed by atoms with Crippen LogP contribution < -0.4 is 4.74 Å². The molecule has 0 aliphatic rings. The first-order chi connectivity index (χ1) is 9.74. The average Bonchev–Trinajstić information content (AvgIpc) is 2.49. The van der Waals surface area contributed by atoms with E-state index in [1.165, 1.54) is 0 Å². The number of aromatic hydroxyl groups is 1. The van der Waals surface area contributed by atoms with Crippen LogP contribution in [-0.2, 0) is 0 Å². The smallest absolute Gasteiger partial charge is 0.162 e. The van der Waals surface area contributed by atoms with Gasteiger partial charge in [0.15, 0.2) is 11.5 Å². The number of ether oxygens (including phenoxy) is 1. The van der Waals surface area contributed by atoms with E-state index in [0.29, 0.717) is 5.75 Å². The molecule has 1 N–H and O–H groups in total. The van der Waals surface area contributed by atoms with Gasteiger partial charge in [0.05, 0.1) is 0 Å². The molecule has 0 spiro atoms. The van der Waals surface area contributed by atoms with Crippen LogP contribution in [0.5, 0.6) is 11.5 Å². The Morgan fingerprint density at radius 2 is 1.45 bits per heavy atom. The number of hydrogen-bond donors (Lipinski definition) is 1. The van der Waals surface area contributed by atoms with Gasteiger partial charge >= 0.3 is 0 Å². The summed E-state index contributed by atoms with van der Waals surface area (Å²) in [5.74, 6) is 0.687. The number of hydrogen-bond acceptors (Lipinski definition) is 2. The van der Waals surface area contributed by atoms with Crippen LogP contribution in [0.1, 0.15) is 18.6 Å². The summed E-state index contributed by atoms with van der Waals surface area (Å²) in [7, 11) is 0. The number of fused-ring (bicyclic) bond motifs is 1. The lowest BCUT2D eigenvalue weighted by Gasteiger charge is -2.16. The Balaban J connectivity index is 1.92. The van der Waals surface area contributed by atoms with Crippen molar-refractivity contribution in [2.75, 3.05) is 0 Å². The maximum atomic E-state index is 10.1. The highest BCUT2D eigenvalue weighted by atomic mass is 16.5. The van der Waals surface area contributed by atoms with Crippen molar-refractivity contribution in [2.24, 2.45) is 0 Å². The molecule has 0 amide bonds. The van der Waals surface area contributed by atoms with Crippen molar-refractivity contribution in [2.45, 2.75) is 13.0 Å². The van der Waals surface area contributed by atoms with Crippen LogP contribution in [0.15, 0.2) is 66.7 Å². The first-order valence-electron chi connectivity index (χ1n) is 6.67. The standard InChI is InChI=1S/C18H16O2/c1-13(14-7-3-2-4-8-14)20-18-12-16-10-6-5-9-15(16)11-17(18)19/h2-13,19H,1H3. The summed E-state index contributed by atoms with van der Waals surface area (Å²) in [5.41, 5.74) is 1.08. The van der Waals surface area contributed by atoms with Crippen LogP contribution in [-0.4, -0.2) is 5.11 Å². The van der Waals surface area contributed by atoms with Crippen molar-refractivity contribution in [3.8, 4) is 11.5 Å². The van der Waals surface area contributed by atoms with Crippen molar-refractivity contribution in [1.29, 1.82) is 0 Å². The van der Waals surface area contributed by atoms with Gasteiger partial charge in [-0.1, -0.05) is 54.6 Å². The minimum Gasteiger partial charge on any atom is -0.504 e. The third-order valence-electron chi connectivity index (χ3n) is 3.40. The second-order valence-corrected chi connectivity index (χ2v) is 4.84. The van der Waals surface area contributed by atoms with Crippen LogP contribution >= 0.6 is 0 Å². The van der Waals surface area contributed by atoms with Crippen molar-refractivity contribution >= 4 is 10.8 Å². The highest BCUT2D eigenvalue weighted by Gasteiger charge is 2.11. The fraction of sp³-hybridized carbons (Fsp3) is 0.111. The minimum atomic E-state index is -0.108. The summed E-state index contributed by atoms with van der Waals surface area (Å²) in [6.45, 7) is 1.98. The van der Waals surface area contributed by atoms with Gasteiger partial charge in [-0.25, -0.2) is 0 Å². The summed E-state index contributed by atoms with van der Waals surface area (Å²) in [6, 6.07) is 21.5. The molecule has 2 heteroatoms. The van der Waals surface area contributed by atoms with Crippen LogP contribution in [0.25, 0.3) is 10.8 Å². The highest BCUT2D eigenvalue weighted by molar-refractivity contribution is 5.85. The van der Waals surface area contributed by atoms with Gasteiger partial charge in [0.2, 0.25) is 0 Å². The summed E-state index contributed by atoms with van der Waals surface area (Å²) in [4.78, 5) is 0. The monoisotopic (exact) mass is 264 g/mol. The molecule has 0 saturated heterocycles. The second kappa shape index (κ2) is 5.25. The molecule has 0 radical (unpaired) electrons. The molecule has 0 aliphatic heterocycles. The van der Waals surface area contributed by atoms with E-state index in [9.17, 15) is 5.11 Å². The zero-order chi connectivity index (χ0) is 13.9. The fourth-order valence-corrected chi connectivity index (χ4v) is 2.28. The molecule has 3 aromatic carbocycles. The molecular formula is C18H16O2. The zero-order valence-electron chi connectivity index (χ0n) is 11.3. The Hall–Kier alpha value is -2.48. The lowest BCUT2D eigenvalue weighted by molar-refractivity contribution is 0.218. The van der Waals surface area contributed by atoms with Crippen molar-refractivity contribution in [1.82, 2.24) is 0 Å². The summed E-state index contributed by atoms with van der Waals surface area (Å²) >= 11 is 0. The molecule has 2 nitrogen and oxygen atoms in total. The Bertz CT molecular complexity index is 720. The van der Waals surface area contributed by atoms with Gasteiger partial charge in [-0.05, 0) is 35.4 Å². The number of phenolic OH excluding ortho intramolecular Hbond substituents is 1. The predicted octanol–water partition coefficient (Wildman–Crippen LogP) is 4.69. The average molecular weight is 264 g/mol. The number of benzene rings is 3. The van der Waals surface area contributed by atoms with Gasteiger partial charge in [-0.3, -0.25) is 0 Å². The normalized spacial score (nSPS) is 12.2. The summed E-state index contributed by atoms with van der Waals surface area (Å²) in [6.07, 6.45) is -0.108. The summed E-state index contributed by atoms with van der Waals surface area (Å²) < 4.78 is 5.89. The topological polar surface area (TPSA) is 29.5 Å². The van der Waals surface area contributed by atoms with Gasteiger partial charge in [0, 0.05) is 0 Å². The molecule has 100 valence electrons. The third kappa shape index (κ3) is 2.45. The second-order valence-electron chi connectivity index (χ2n) is 4.84. The molecule has 0 heterocycles. The number of phenols is 1. The molecule has 0 bridgehead atoms. The lowest BCUT2D eigenvalue weighted by Crippen LogP contribution is -2.02. The van der Waals surface area contributed by atoms with Crippen molar-refractivity contribution in [3.63, 3.8) is 0 Å². The highest BCUT2D eigenvalue weighted by Crippen LogP contribution is 2.34. The van der Waals surface area contributed by atoms with Gasteiger partial charge in [0.1, 0.15) is 6.10 Å². The Labute approximate surface area is 118 Å². The van der Waals surface area contributed by atoms with Crippen molar-refractivity contribution < 1.29 is 9.84 Å². The largest absolute Gasteiger partial charge is 0.504 e. The first-order valence-corrected chi connectivity index (χ1v) is 6.67. The van der Waals surface area contributed by atoms with Crippen molar-refractivity contribution in [3.05, 3.63) is 72.3 Å². The quantitative estimate of drug-likeness (QED) is 0.744. The minimum absolute atomic E-state index is 0.108. The maximum absolute atomic E-state index is 10.1. The maximum Gasteiger partial charge on any atom is 0.162 e. The van der Waals surface area contributed by atoms with E-state index in [1.54, 1.807) is 6.07 Å². The Kier molecular flexibility index (Phi) is 3.30.